The van der Waals surface area contributed by atoms with E-state index in [-0.39, 0.29) is 5.92 Å². The van der Waals surface area contributed by atoms with Crippen LogP contribution in [0.3, 0.4) is 0 Å². The van der Waals surface area contributed by atoms with Crippen LogP contribution in [0.15, 0.2) is 34.9 Å². The Morgan fingerprint density at radius 3 is 2.60 bits per heavy atom. The highest BCUT2D eigenvalue weighted by atomic mass is 16.5. The molecule has 0 aliphatic carbocycles. The number of nitrogens with zero attached hydrogens (tertiary/aromatic N) is 2. The molecule has 1 aromatic heterocycles. The Morgan fingerprint density at radius 2 is 1.95 bits per heavy atom. The van der Waals surface area contributed by atoms with Gasteiger partial charge in [0.2, 0.25) is 11.7 Å². The predicted octanol–water partition coefficient (Wildman–Crippen LogP) is 3.62. The van der Waals surface area contributed by atoms with E-state index < -0.39 is 0 Å². The lowest BCUT2D eigenvalue weighted by atomic mass is 9.99. The van der Waals surface area contributed by atoms with Crippen LogP contribution in [-0.2, 0) is 0 Å². The monoisotopic (exact) mass is 273 g/mol. The summed E-state index contributed by atoms with van der Waals surface area (Å²) in [6, 6.07) is 10.3. The van der Waals surface area contributed by atoms with E-state index in [0.717, 1.165) is 24.9 Å². The van der Waals surface area contributed by atoms with Crippen LogP contribution < -0.4 is 5.32 Å². The maximum absolute atomic E-state index is 5.44. The van der Waals surface area contributed by atoms with Gasteiger partial charge in [-0.2, -0.15) is 4.98 Å². The average Bonchev–Trinajstić information content (AvgIpc) is 2.98. The van der Waals surface area contributed by atoms with Crippen LogP contribution in [-0.4, -0.2) is 22.7 Å². The first kappa shape index (κ1) is 14.7. The Balaban J connectivity index is 2.11. The standard InChI is InChI=1S/C16H23N3O/c1-4-11-17-14(5-2)12(3)16-18-15(19-20-16)13-9-7-6-8-10-13/h6-10,12,14,17H,4-5,11H2,1-3H3. The molecule has 4 heteroatoms. The van der Waals surface area contributed by atoms with E-state index in [1.165, 1.54) is 0 Å². The van der Waals surface area contributed by atoms with Crippen LogP contribution in [0.4, 0.5) is 0 Å². The van der Waals surface area contributed by atoms with Gasteiger partial charge in [0.1, 0.15) is 0 Å². The molecule has 0 aliphatic rings. The summed E-state index contributed by atoms with van der Waals surface area (Å²) >= 11 is 0. The van der Waals surface area contributed by atoms with Gasteiger partial charge in [-0.05, 0) is 19.4 Å². The summed E-state index contributed by atoms with van der Waals surface area (Å²) < 4.78 is 5.44. The van der Waals surface area contributed by atoms with E-state index in [1.807, 2.05) is 30.3 Å². The highest BCUT2D eigenvalue weighted by Gasteiger charge is 2.22. The van der Waals surface area contributed by atoms with Gasteiger partial charge in [0.15, 0.2) is 0 Å². The molecule has 4 nitrogen and oxygen atoms in total. The highest BCUT2D eigenvalue weighted by Crippen LogP contribution is 2.23. The van der Waals surface area contributed by atoms with Gasteiger partial charge >= 0.3 is 0 Å². The van der Waals surface area contributed by atoms with E-state index in [2.05, 4.69) is 36.2 Å². The molecular formula is C16H23N3O. The first-order valence-electron chi connectivity index (χ1n) is 7.38. The molecule has 2 unspecified atom stereocenters. The van der Waals surface area contributed by atoms with Crippen molar-refractivity contribution in [1.29, 1.82) is 0 Å². The van der Waals surface area contributed by atoms with Crippen molar-refractivity contribution < 1.29 is 4.52 Å². The molecule has 108 valence electrons. The maximum Gasteiger partial charge on any atom is 0.231 e. The maximum atomic E-state index is 5.44. The topological polar surface area (TPSA) is 51.0 Å². The van der Waals surface area contributed by atoms with Gasteiger partial charge in [0.05, 0.1) is 5.92 Å². The summed E-state index contributed by atoms with van der Waals surface area (Å²) in [4.78, 5) is 4.54. The summed E-state index contributed by atoms with van der Waals surface area (Å²) in [6.45, 7) is 7.50. The van der Waals surface area contributed by atoms with E-state index in [1.54, 1.807) is 0 Å². The normalized spacial score (nSPS) is 14.2. The molecule has 20 heavy (non-hydrogen) atoms. The molecular weight excluding hydrogens is 250 g/mol. The minimum absolute atomic E-state index is 0.219. The van der Waals surface area contributed by atoms with Crippen molar-refractivity contribution in [2.24, 2.45) is 0 Å². The van der Waals surface area contributed by atoms with Crippen molar-refractivity contribution in [2.45, 2.75) is 45.6 Å². The molecule has 0 saturated carbocycles. The minimum atomic E-state index is 0.219. The van der Waals surface area contributed by atoms with Crippen molar-refractivity contribution in [3.05, 3.63) is 36.2 Å². The lowest BCUT2D eigenvalue weighted by Gasteiger charge is -2.20. The lowest BCUT2D eigenvalue weighted by molar-refractivity contribution is 0.319. The summed E-state index contributed by atoms with van der Waals surface area (Å²) in [6.07, 6.45) is 2.17. The fourth-order valence-electron chi connectivity index (χ4n) is 2.30. The predicted molar refractivity (Wildman–Crippen MR) is 80.5 cm³/mol. The van der Waals surface area contributed by atoms with Crippen molar-refractivity contribution in [3.63, 3.8) is 0 Å². The molecule has 0 fully saturated rings. The second-order valence-electron chi connectivity index (χ2n) is 5.08. The zero-order valence-corrected chi connectivity index (χ0v) is 12.5. The van der Waals surface area contributed by atoms with Gasteiger partial charge in [0.25, 0.3) is 0 Å². The Hall–Kier alpha value is -1.68. The highest BCUT2D eigenvalue weighted by molar-refractivity contribution is 5.53. The fourth-order valence-corrected chi connectivity index (χ4v) is 2.30. The first-order valence-corrected chi connectivity index (χ1v) is 7.38. The second kappa shape index (κ2) is 7.20. The summed E-state index contributed by atoms with van der Waals surface area (Å²) in [5.41, 5.74) is 0.990. The van der Waals surface area contributed by atoms with Gasteiger partial charge in [-0.1, -0.05) is 56.3 Å². The molecule has 0 aliphatic heterocycles. The zero-order chi connectivity index (χ0) is 14.4. The van der Waals surface area contributed by atoms with E-state index >= 15 is 0 Å². The van der Waals surface area contributed by atoms with Gasteiger partial charge in [-0.3, -0.25) is 0 Å². The Kier molecular flexibility index (Phi) is 5.30. The van der Waals surface area contributed by atoms with Crippen molar-refractivity contribution in [3.8, 4) is 11.4 Å². The lowest BCUT2D eigenvalue weighted by Crippen LogP contribution is -2.33. The van der Waals surface area contributed by atoms with Crippen LogP contribution in [0.2, 0.25) is 0 Å². The molecule has 1 N–H and O–H groups in total. The summed E-state index contributed by atoms with van der Waals surface area (Å²) in [5.74, 6) is 1.59. The molecule has 2 rings (SSSR count). The number of aromatic nitrogens is 2. The molecule has 2 atom stereocenters. The molecule has 1 aromatic carbocycles. The first-order chi connectivity index (χ1) is 9.76. The number of hydrogen-bond acceptors (Lipinski definition) is 4. The Bertz CT molecular complexity index is 509. The van der Waals surface area contributed by atoms with Crippen LogP contribution in [0.1, 0.15) is 45.4 Å². The number of hydrogen-bond donors (Lipinski definition) is 1. The second-order valence-corrected chi connectivity index (χ2v) is 5.08. The average molecular weight is 273 g/mol. The molecule has 2 aromatic rings. The molecule has 1 heterocycles. The van der Waals surface area contributed by atoms with Crippen molar-refractivity contribution in [1.82, 2.24) is 15.5 Å². The van der Waals surface area contributed by atoms with Crippen molar-refractivity contribution >= 4 is 0 Å². The van der Waals surface area contributed by atoms with Crippen LogP contribution in [0.25, 0.3) is 11.4 Å². The van der Waals surface area contributed by atoms with Crippen LogP contribution in [0, 0.1) is 0 Å². The minimum Gasteiger partial charge on any atom is -0.339 e. The van der Waals surface area contributed by atoms with Gasteiger partial charge in [-0.15, -0.1) is 0 Å². The fraction of sp³-hybridized carbons (Fsp3) is 0.500. The molecule has 0 amide bonds. The molecule has 0 saturated heterocycles. The zero-order valence-electron chi connectivity index (χ0n) is 12.5. The quantitative estimate of drug-likeness (QED) is 0.837. The Morgan fingerprint density at radius 1 is 1.20 bits per heavy atom. The van der Waals surface area contributed by atoms with E-state index in [9.17, 15) is 0 Å². The summed E-state index contributed by atoms with van der Waals surface area (Å²) in [7, 11) is 0. The summed E-state index contributed by atoms with van der Waals surface area (Å²) in [5, 5.41) is 7.63. The number of nitrogens with one attached hydrogen (secondary N) is 1. The SMILES string of the molecule is CCCNC(CC)C(C)c1nc(-c2ccccc2)no1. The molecule has 0 bridgehead atoms. The largest absolute Gasteiger partial charge is 0.339 e. The third kappa shape index (κ3) is 3.45. The van der Waals surface area contributed by atoms with Crippen LogP contribution >= 0.6 is 0 Å². The third-order valence-electron chi connectivity index (χ3n) is 3.56. The Labute approximate surface area is 120 Å². The smallest absolute Gasteiger partial charge is 0.231 e. The molecule has 0 spiro atoms. The number of rotatable bonds is 7. The molecule has 0 radical (unpaired) electrons. The third-order valence-corrected chi connectivity index (χ3v) is 3.56. The van der Waals surface area contributed by atoms with Gasteiger partial charge in [0, 0.05) is 11.6 Å². The van der Waals surface area contributed by atoms with E-state index in [0.29, 0.717) is 17.8 Å². The van der Waals surface area contributed by atoms with Crippen molar-refractivity contribution in [2.75, 3.05) is 6.54 Å². The van der Waals surface area contributed by atoms with Crippen LogP contribution in [0.5, 0.6) is 0 Å². The van der Waals surface area contributed by atoms with Gasteiger partial charge in [-0.25, -0.2) is 0 Å². The van der Waals surface area contributed by atoms with Gasteiger partial charge < -0.3 is 9.84 Å². The number of benzene rings is 1. The van der Waals surface area contributed by atoms with E-state index in [4.69, 9.17) is 4.52 Å².